The molecular weight excluding hydrogens is 327 g/mol. The Morgan fingerprint density at radius 1 is 1.33 bits per heavy atom. The van der Waals surface area contributed by atoms with E-state index in [1.165, 1.54) is 12.1 Å². The first kappa shape index (κ1) is 17.1. The Balaban J connectivity index is 1.43. The van der Waals surface area contributed by atoms with Gasteiger partial charge in [-0.3, -0.25) is 9.69 Å². The van der Waals surface area contributed by atoms with E-state index in [4.69, 9.17) is 4.74 Å². The van der Waals surface area contributed by atoms with E-state index in [0.29, 0.717) is 26.1 Å². The highest BCUT2D eigenvalue weighted by atomic mass is 32.1. The van der Waals surface area contributed by atoms with Gasteiger partial charge in [0.05, 0.1) is 19.3 Å². The molecule has 1 unspecified atom stereocenters. The van der Waals surface area contributed by atoms with Gasteiger partial charge >= 0.3 is 0 Å². The summed E-state index contributed by atoms with van der Waals surface area (Å²) in [5.74, 6) is -0.179. The monoisotopic (exact) mass is 348 g/mol. The molecule has 24 heavy (non-hydrogen) atoms. The molecular formula is C18H21FN2O2S. The Hall–Kier alpha value is -1.76. The van der Waals surface area contributed by atoms with E-state index in [1.807, 2.05) is 17.5 Å². The Morgan fingerprint density at radius 2 is 2.17 bits per heavy atom. The van der Waals surface area contributed by atoms with Gasteiger partial charge in [-0.15, -0.1) is 11.3 Å². The molecule has 2 aromatic rings. The van der Waals surface area contributed by atoms with Crippen molar-refractivity contribution in [3.8, 4) is 0 Å². The second kappa shape index (κ2) is 8.37. The zero-order valence-electron chi connectivity index (χ0n) is 13.4. The topological polar surface area (TPSA) is 41.6 Å². The van der Waals surface area contributed by atoms with Crippen LogP contribution >= 0.6 is 11.3 Å². The number of nitrogens with zero attached hydrogens (tertiary/aromatic N) is 1. The lowest BCUT2D eigenvalue weighted by Gasteiger charge is -2.33. The van der Waals surface area contributed by atoms with Crippen molar-refractivity contribution in [2.75, 3.05) is 26.2 Å². The van der Waals surface area contributed by atoms with Crippen LogP contribution in [-0.2, 0) is 16.1 Å². The fourth-order valence-corrected chi connectivity index (χ4v) is 3.38. The minimum absolute atomic E-state index is 0.0615. The van der Waals surface area contributed by atoms with Crippen molar-refractivity contribution in [3.63, 3.8) is 0 Å². The van der Waals surface area contributed by atoms with Gasteiger partial charge in [-0.25, -0.2) is 4.39 Å². The predicted molar refractivity (Wildman–Crippen MR) is 92.3 cm³/mol. The molecule has 0 spiro atoms. The average molecular weight is 348 g/mol. The largest absolute Gasteiger partial charge is 0.371 e. The summed E-state index contributed by atoms with van der Waals surface area (Å²) in [6, 6.07) is 10.4. The molecule has 0 bridgehead atoms. The standard InChI is InChI=1S/C18H21FN2O2S/c19-15-5-3-14(4-6-15)17-13-21(9-10-23-17)8-7-18(22)20-12-16-2-1-11-24-16/h1-6,11,17H,7-10,12-13H2,(H,20,22). The van der Waals surface area contributed by atoms with Crippen LogP contribution in [0.4, 0.5) is 4.39 Å². The predicted octanol–water partition coefficient (Wildman–Crippen LogP) is 2.97. The number of amides is 1. The maximum absolute atomic E-state index is 13.0. The fourth-order valence-electron chi connectivity index (χ4n) is 2.73. The summed E-state index contributed by atoms with van der Waals surface area (Å²) in [4.78, 5) is 15.3. The van der Waals surface area contributed by atoms with Gasteiger partial charge < -0.3 is 10.1 Å². The van der Waals surface area contributed by atoms with Gasteiger partial charge in [0.25, 0.3) is 0 Å². The number of hydrogen-bond acceptors (Lipinski definition) is 4. The molecule has 0 aliphatic carbocycles. The number of hydrogen-bond donors (Lipinski definition) is 1. The summed E-state index contributed by atoms with van der Waals surface area (Å²) in [5.41, 5.74) is 0.975. The third kappa shape index (κ3) is 4.87. The van der Waals surface area contributed by atoms with E-state index in [9.17, 15) is 9.18 Å². The summed E-state index contributed by atoms with van der Waals surface area (Å²) < 4.78 is 18.8. The molecule has 6 heteroatoms. The Kier molecular flexibility index (Phi) is 5.96. The van der Waals surface area contributed by atoms with Crippen molar-refractivity contribution in [1.82, 2.24) is 10.2 Å². The molecule has 4 nitrogen and oxygen atoms in total. The highest BCUT2D eigenvalue weighted by molar-refractivity contribution is 7.09. The number of benzene rings is 1. The number of carbonyl (C=O) groups excluding carboxylic acids is 1. The second-order valence-electron chi connectivity index (χ2n) is 5.82. The number of morpholine rings is 1. The Labute approximate surface area is 145 Å². The Bertz CT molecular complexity index is 646. The van der Waals surface area contributed by atoms with Crippen molar-refractivity contribution in [1.29, 1.82) is 0 Å². The van der Waals surface area contributed by atoms with Gasteiger partial charge in [0.2, 0.25) is 5.91 Å². The summed E-state index contributed by atoms with van der Waals surface area (Å²) in [6.45, 7) is 3.47. The lowest BCUT2D eigenvalue weighted by atomic mass is 10.1. The number of halogens is 1. The number of nitrogens with one attached hydrogen (secondary N) is 1. The SMILES string of the molecule is O=C(CCN1CCOC(c2ccc(F)cc2)C1)NCc1cccs1. The minimum atomic E-state index is -0.242. The van der Waals surface area contributed by atoms with Crippen LogP contribution in [0.3, 0.4) is 0 Å². The number of ether oxygens (including phenoxy) is 1. The van der Waals surface area contributed by atoms with Gasteiger partial charge in [-0.2, -0.15) is 0 Å². The van der Waals surface area contributed by atoms with Crippen molar-refractivity contribution in [2.24, 2.45) is 0 Å². The Morgan fingerprint density at radius 3 is 2.92 bits per heavy atom. The second-order valence-corrected chi connectivity index (χ2v) is 6.85. The molecule has 2 heterocycles. The van der Waals surface area contributed by atoms with Crippen LogP contribution in [0.5, 0.6) is 0 Å². The molecule has 1 fully saturated rings. The zero-order valence-corrected chi connectivity index (χ0v) is 14.2. The van der Waals surface area contributed by atoms with E-state index >= 15 is 0 Å². The lowest BCUT2D eigenvalue weighted by molar-refractivity contribution is -0.122. The van der Waals surface area contributed by atoms with Crippen LogP contribution in [0.25, 0.3) is 0 Å². The zero-order chi connectivity index (χ0) is 16.8. The summed E-state index contributed by atoms with van der Waals surface area (Å²) in [6.07, 6.45) is 0.412. The molecule has 1 atom stereocenters. The normalized spacial score (nSPS) is 18.5. The lowest BCUT2D eigenvalue weighted by Crippen LogP contribution is -2.40. The molecule has 1 N–H and O–H groups in total. The molecule has 1 aromatic carbocycles. The summed E-state index contributed by atoms with van der Waals surface area (Å²) >= 11 is 1.64. The number of rotatable bonds is 6. The number of carbonyl (C=O) groups is 1. The first-order valence-electron chi connectivity index (χ1n) is 8.09. The maximum Gasteiger partial charge on any atom is 0.221 e. The van der Waals surface area contributed by atoms with Crippen molar-refractivity contribution in [2.45, 2.75) is 19.1 Å². The van der Waals surface area contributed by atoms with Gasteiger partial charge in [-0.1, -0.05) is 18.2 Å². The minimum Gasteiger partial charge on any atom is -0.371 e. The molecule has 1 saturated heterocycles. The first-order chi connectivity index (χ1) is 11.7. The average Bonchev–Trinajstić information content (AvgIpc) is 3.13. The van der Waals surface area contributed by atoms with Crippen LogP contribution in [-0.4, -0.2) is 37.0 Å². The van der Waals surface area contributed by atoms with E-state index in [-0.39, 0.29) is 17.8 Å². The van der Waals surface area contributed by atoms with Crippen molar-refractivity contribution < 1.29 is 13.9 Å². The molecule has 1 aromatic heterocycles. The molecule has 3 rings (SSSR count). The van der Waals surface area contributed by atoms with Gasteiger partial charge in [0, 0.05) is 30.9 Å². The molecule has 1 aliphatic rings. The third-order valence-corrected chi connectivity index (χ3v) is 4.96. The van der Waals surface area contributed by atoms with Gasteiger partial charge in [0.15, 0.2) is 0 Å². The molecule has 128 valence electrons. The summed E-state index contributed by atoms with van der Waals surface area (Å²) in [7, 11) is 0. The van der Waals surface area contributed by atoms with Gasteiger partial charge in [-0.05, 0) is 29.1 Å². The van der Waals surface area contributed by atoms with Gasteiger partial charge in [0.1, 0.15) is 5.82 Å². The van der Waals surface area contributed by atoms with Crippen molar-refractivity contribution >= 4 is 17.2 Å². The molecule has 0 saturated carbocycles. The fraction of sp³-hybridized carbons (Fsp3) is 0.389. The first-order valence-corrected chi connectivity index (χ1v) is 8.97. The van der Waals surface area contributed by atoms with Crippen molar-refractivity contribution in [3.05, 3.63) is 58.0 Å². The van der Waals surface area contributed by atoms with E-state index in [1.54, 1.807) is 23.5 Å². The molecule has 1 aliphatic heterocycles. The van der Waals surface area contributed by atoms with Crippen LogP contribution in [0, 0.1) is 5.82 Å². The van der Waals surface area contributed by atoms with E-state index in [2.05, 4.69) is 10.2 Å². The molecule has 1 amide bonds. The summed E-state index contributed by atoms with van der Waals surface area (Å²) in [5, 5.41) is 4.95. The van der Waals surface area contributed by atoms with Crippen LogP contribution in [0.2, 0.25) is 0 Å². The highest BCUT2D eigenvalue weighted by Gasteiger charge is 2.22. The smallest absolute Gasteiger partial charge is 0.221 e. The maximum atomic E-state index is 13.0. The van der Waals surface area contributed by atoms with Crippen LogP contribution in [0.1, 0.15) is 23.0 Å². The van der Waals surface area contributed by atoms with Crippen LogP contribution < -0.4 is 5.32 Å². The quantitative estimate of drug-likeness (QED) is 0.873. The van der Waals surface area contributed by atoms with E-state index in [0.717, 1.165) is 23.5 Å². The molecule has 0 radical (unpaired) electrons. The highest BCUT2D eigenvalue weighted by Crippen LogP contribution is 2.22. The van der Waals surface area contributed by atoms with E-state index < -0.39 is 0 Å². The third-order valence-electron chi connectivity index (χ3n) is 4.09. The van der Waals surface area contributed by atoms with Crippen LogP contribution in [0.15, 0.2) is 41.8 Å². The number of thiophene rings is 1.